The average molecular weight is 617 g/mol. The third-order valence-electron chi connectivity index (χ3n) is 7.10. The van der Waals surface area contributed by atoms with Crippen molar-refractivity contribution in [1.29, 1.82) is 0 Å². The maximum Gasteiger partial charge on any atom is 0.337 e. The van der Waals surface area contributed by atoms with E-state index in [9.17, 15) is 14.7 Å². The van der Waals surface area contributed by atoms with Crippen molar-refractivity contribution in [2.75, 3.05) is 38.1 Å². The molecule has 0 aliphatic carbocycles. The van der Waals surface area contributed by atoms with Gasteiger partial charge >= 0.3 is 11.9 Å². The molecule has 8 heteroatoms. The number of ether oxygens (including phenoxy) is 2. The number of carbonyl (C=O) groups excluding carboxylic acids is 2. The topological polar surface area (TPSA) is 79.3 Å². The molecule has 4 rings (SSSR count). The third-order valence-corrected chi connectivity index (χ3v) is 7.41. The quantitative estimate of drug-likeness (QED) is 0.151. The van der Waals surface area contributed by atoms with Gasteiger partial charge in [-0.3, -0.25) is 0 Å². The van der Waals surface area contributed by atoms with Gasteiger partial charge < -0.3 is 24.4 Å². The van der Waals surface area contributed by atoms with Crippen LogP contribution in [0.25, 0.3) is 0 Å². The molecule has 0 fully saturated rings. The van der Waals surface area contributed by atoms with Crippen LogP contribution < -0.4 is 9.80 Å². The number of aliphatic hydroxyl groups excluding tert-OH is 1. The molecule has 4 aromatic carbocycles. The van der Waals surface area contributed by atoms with Crippen LogP contribution in [0.5, 0.6) is 0 Å². The van der Waals surface area contributed by atoms with Crippen molar-refractivity contribution in [3.8, 4) is 0 Å². The van der Waals surface area contributed by atoms with E-state index in [4.69, 9.17) is 21.1 Å². The van der Waals surface area contributed by atoms with E-state index in [-0.39, 0.29) is 12.6 Å². The highest BCUT2D eigenvalue weighted by molar-refractivity contribution is 6.17. The van der Waals surface area contributed by atoms with Crippen molar-refractivity contribution >= 4 is 34.9 Å². The number of hydrogen-bond acceptors (Lipinski definition) is 7. The van der Waals surface area contributed by atoms with E-state index in [0.29, 0.717) is 22.6 Å². The van der Waals surface area contributed by atoms with Gasteiger partial charge in [0, 0.05) is 44.4 Å². The van der Waals surface area contributed by atoms with Crippen molar-refractivity contribution in [2.24, 2.45) is 0 Å². The van der Waals surface area contributed by atoms with Crippen LogP contribution in [-0.4, -0.2) is 45.4 Å². The SMILES string of the molecule is COC(=O)c1cc(CCl)cc(N(C)Cc2ccc(C)cc2)c1.COC(=O)c1cc(CO)cc(N(C)Cc2ccc(C)cc2)c1. The highest BCUT2D eigenvalue weighted by Gasteiger charge is 2.13. The van der Waals surface area contributed by atoms with Gasteiger partial charge in [0.1, 0.15) is 0 Å². The number of alkyl halides is 1. The van der Waals surface area contributed by atoms with Gasteiger partial charge in [-0.05, 0) is 72.5 Å². The van der Waals surface area contributed by atoms with Crippen LogP contribution in [0, 0.1) is 13.8 Å². The van der Waals surface area contributed by atoms with Gasteiger partial charge in [-0.1, -0.05) is 59.7 Å². The molecule has 0 atom stereocenters. The van der Waals surface area contributed by atoms with E-state index in [1.165, 1.54) is 36.5 Å². The number of halogens is 1. The first-order chi connectivity index (χ1) is 21.1. The van der Waals surface area contributed by atoms with Crippen molar-refractivity contribution < 1.29 is 24.2 Å². The van der Waals surface area contributed by atoms with Gasteiger partial charge in [0.25, 0.3) is 0 Å². The zero-order valence-electron chi connectivity index (χ0n) is 26.3. The molecule has 0 heterocycles. The van der Waals surface area contributed by atoms with Gasteiger partial charge in [-0.2, -0.15) is 0 Å². The molecule has 44 heavy (non-hydrogen) atoms. The summed E-state index contributed by atoms with van der Waals surface area (Å²) in [6.07, 6.45) is 0. The van der Waals surface area contributed by atoms with E-state index in [2.05, 4.69) is 67.3 Å². The lowest BCUT2D eigenvalue weighted by Gasteiger charge is -2.21. The zero-order chi connectivity index (χ0) is 32.2. The summed E-state index contributed by atoms with van der Waals surface area (Å²) in [6, 6.07) is 27.6. The summed E-state index contributed by atoms with van der Waals surface area (Å²) >= 11 is 5.93. The normalized spacial score (nSPS) is 10.4. The van der Waals surface area contributed by atoms with Gasteiger partial charge in [0.15, 0.2) is 0 Å². The minimum Gasteiger partial charge on any atom is -0.465 e. The molecule has 4 aromatic rings. The number of rotatable bonds is 10. The average Bonchev–Trinajstić information content (AvgIpc) is 3.05. The van der Waals surface area contributed by atoms with Crippen LogP contribution in [0.4, 0.5) is 11.4 Å². The molecule has 1 N–H and O–H groups in total. The first kappa shape index (κ1) is 34.2. The number of nitrogens with zero attached hydrogens (tertiary/aromatic N) is 2. The molecule has 0 amide bonds. The second-order valence-electron chi connectivity index (χ2n) is 10.7. The Balaban J connectivity index is 0.000000240. The number of carbonyl (C=O) groups is 2. The molecular formula is C36H41ClN2O5. The molecule has 0 bridgehead atoms. The van der Waals surface area contributed by atoms with Gasteiger partial charge in [-0.15, -0.1) is 11.6 Å². The van der Waals surface area contributed by atoms with Crippen LogP contribution in [0.1, 0.15) is 54.1 Å². The third kappa shape index (κ3) is 9.86. The van der Waals surface area contributed by atoms with Crippen LogP contribution in [0.2, 0.25) is 0 Å². The Morgan fingerprint density at radius 2 is 1.02 bits per heavy atom. The lowest BCUT2D eigenvalue weighted by Crippen LogP contribution is -2.17. The van der Waals surface area contributed by atoms with Crippen molar-refractivity contribution in [2.45, 2.75) is 39.4 Å². The summed E-state index contributed by atoms with van der Waals surface area (Å²) in [7, 11) is 6.68. The lowest BCUT2D eigenvalue weighted by atomic mass is 10.1. The van der Waals surface area contributed by atoms with E-state index in [0.717, 1.165) is 30.0 Å². The highest BCUT2D eigenvalue weighted by atomic mass is 35.5. The van der Waals surface area contributed by atoms with Crippen LogP contribution in [0.15, 0.2) is 84.9 Å². The Bertz CT molecular complexity index is 1420. The minimum absolute atomic E-state index is 0.115. The van der Waals surface area contributed by atoms with Gasteiger partial charge in [-0.25, -0.2) is 9.59 Å². The summed E-state index contributed by atoms with van der Waals surface area (Å²) in [4.78, 5) is 27.6. The Hall–Kier alpha value is -4.33. The predicted molar refractivity (Wildman–Crippen MR) is 178 cm³/mol. The number of methoxy groups -OCH3 is 2. The van der Waals surface area contributed by atoms with Crippen LogP contribution >= 0.6 is 11.6 Å². The zero-order valence-corrected chi connectivity index (χ0v) is 27.0. The second-order valence-corrected chi connectivity index (χ2v) is 11.0. The Morgan fingerprint density at radius 1 is 0.636 bits per heavy atom. The first-order valence-electron chi connectivity index (χ1n) is 14.2. The number of esters is 2. The second kappa shape index (κ2) is 16.5. The minimum atomic E-state index is -0.403. The fourth-order valence-corrected chi connectivity index (χ4v) is 4.70. The molecule has 0 radical (unpaired) electrons. The molecule has 0 unspecified atom stereocenters. The summed E-state index contributed by atoms with van der Waals surface area (Å²) in [5.74, 6) is -0.395. The van der Waals surface area contributed by atoms with Crippen LogP contribution in [-0.2, 0) is 35.1 Å². The maximum atomic E-state index is 11.8. The van der Waals surface area contributed by atoms with E-state index >= 15 is 0 Å². The largest absolute Gasteiger partial charge is 0.465 e. The van der Waals surface area contributed by atoms with E-state index in [1.807, 2.05) is 37.2 Å². The molecule has 0 saturated carbocycles. The molecule has 0 aromatic heterocycles. The molecule has 0 saturated heterocycles. The number of aliphatic hydroxyl groups is 1. The molecule has 0 spiro atoms. The fraction of sp³-hybridized carbons (Fsp3) is 0.278. The first-order valence-corrected chi connectivity index (χ1v) is 14.7. The predicted octanol–water partition coefficient (Wildman–Crippen LogP) is 7.07. The number of anilines is 2. The van der Waals surface area contributed by atoms with Gasteiger partial charge in [0.2, 0.25) is 0 Å². The van der Waals surface area contributed by atoms with Crippen molar-refractivity contribution in [3.05, 3.63) is 129 Å². The molecule has 0 aliphatic rings. The molecule has 232 valence electrons. The number of hydrogen-bond donors (Lipinski definition) is 1. The van der Waals surface area contributed by atoms with Crippen LogP contribution in [0.3, 0.4) is 0 Å². The smallest absolute Gasteiger partial charge is 0.337 e. The highest BCUT2D eigenvalue weighted by Crippen LogP contribution is 2.23. The lowest BCUT2D eigenvalue weighted by molar-refractivity contribution is 0.0591. The Kier molecular flexibility index (Phi) is 12.8. The summed E-state index contributed by atoms with van der Waals surface area (Å²) in [5, 5.41) is 9.37. The molecular weight excluding hydrogens is 576 g/mol. The Labute approximate surface area is 265 Å². The van der Waals surface area contributed by atoms with E-state index < -0.39 is 5.97 Å². The summed E-state index contributed by atoms with van der Waals surface area (Å²) in [5.41, 5.74) is 9.22. The fourth-order valence-electron chi connectivity index (χ4n) is 4.55. The standard InChI is InChI=1S/C18H20ClNO2.C18H21NO3/c1-13-4-6-14(7-5-13)12-20(2)17-9-15(11-19)8-16(10-17)18(21)22-3;1-13-4-6-14(7-5-13)11-19(2)17-9-15(12-20)8-16(10-17)18(21)22-3/h4-10H,11-12H2,1-3H3;4-10,20H,11-12H2,1-3H3. The maximum absolute atomic E-state index is 11.8. The Morgan fingerprint density at radius 3 is 1.39 bits per heavy atom. The van der Waals surface area contributed by atoms with E-state index in [1.54, 1.807) is 18.2 Å². The molecule has 0 aliphatic heterocycles. The van der Waals surface area contributed by atoms with Gasteiger partial charge in [0.05, 0.1) is 32.0 Å². The molecule has 7 nitrogen and oxygen atoms in total. The summed E-state index contributed by atoms with van der Waals surface area (Å²) in [6.45, 7) is 5.49. The monoisotopic (exact) mass is 616 g/mol. The van der Waals surface area contributed by atoms with Crippen molar-refractivity contribution in [3.63, 3.8) is 0 Å². The summed E-state index contributed by atoms with van der Waals surface area (Å²) < 4.78 is 9.56. The number of aryl methyl sites for hydroxylation is 2. The number of benzene rings is 4. The van der Waals surface area contributed by atoms with Crippen molar-refractivity contribution in [1.82, 2.24) is 0 Å².